The molecule has 4 aliphatic rings. The topological polar surface area (TPSA) is 84.5 Å². The third-order valence-corrected chi connectivity index (χ3v) is 5.39. The highest BCUT2D eigenvalue weighted by Gasteiger charge is 2.55. The van der Waals surface area contributed by atoms with E-state index in [0.717, 1.165) is 29.7 Å². The van der Waals surface area contributed by atoms with Crippen LogP contribution in [0.5, 0.6) is 0 Å². The summed E-state index contributed by atoms with van der Waals surface area (Å²) in [6, 6.07) is 7.33. The third-order valence-electron chi connectivity index (χ3n) is 5.39. The van der Waals surface area contributed by atoms with Crippen molar-refractivity contribution in [1.82, 2.24) is 5.32 Å². The smallest absolute Gasteiger partial charge is 0.238 e. The summed E-state index contributed by atoms with van der Waals surface area (Å²) in [7, 11) is 0. The number of hydrogen-bond donors (Lipinski definition) is 2. The second-order valence-corrected chi connectivity index (χ2v) is 6.78. The van der Waals surface area contributed by atoms with Crippen molar-refractivity contribution < 1.29 is 19.1 Å². The monoisotopic (exact) mass is 336 g/mol. The quantitative estimate of drug-likeness (QED) is 0.705. The van der Waals surface area contributed by atoms with Crippen molar-refractivity contribution in [2.45, 2.75) is 25.0 Å². The molecular weight excluding hydrogens is 320 g/mol. The van der Waals surface area contributed by atoms with E-state index in [1.54, 1.807) is 6.07 Å². The molecule has 3 heterocycles. The summed E-state index contributed by atoms with van der Waals surface area (Å²) in [4.78, 5) is 38.1. The number of hydrogen-bond acceptors (Lipinski definition) is 4. The van der Waals surface area contributed by atoms with E-state index in [2.05, 4.69) is 10.6 Å². The molecule has 2 amide bonds. The van der Waals surface area contributed by atoms with E-state index in [1.807, 2.05) is 30.4 Å². The molecule has 25 heavy (non-hydrogen) atoms. The standard InChI is InChI=1S/C19H16N2O4/c22-15-13-16(9-5-1-3-7-11(9)20-18(13)23)25-17-10-6-2-4-8-12(10)21-19(24)14(15)17/h1-3,5-7,13-14,16-17H,4,8H2,(H,20,23)(H,21,24). The first kappa shape index (κ1) is 14.6. The fourth-order valence-corrected chi connectivity index (χ4v) is 4.23. The molecule has 0 aromatic heterocycles. The van der Waals surface area contributed by atoms with Crippen molar-refractivity contribution in [2.24, 2.45) is 11.8 Å². The molecule has 1 saturated heterocycles. The van der Waals surface area contributed by atoms with E-state index in [1.165, 1.54) is 0 Å². The van der Waals surface area contributed by atoms with Crippen molar-refractivity contribution in [3.05, 3.63) is 53.3 Å². The molecule has 0 bridgehead atoms. The summed E-state index contributed by atoms with van der Waals surface area (Å²) < 4.78 is 6.25. The maximum atomic E-state index is 13.1. The Morgan fingerprint density at radius 1 is 0.960 bits per heavy atom. The van der Waals surface area contributed by atoms with Crippen LogP contribution in [0, 0.1) is 11.8 Å². The average molecular weight is 336 g/mol. The van der Waals surface area contributed by atoms with Gasteiger partial charge in [-0.1, -0.05) is 30.4 Å². The highest BCUT2D eigenvalue weighted by atomic mass is 16.5. The molecule has 1 fully saturated rings. The molecule has 1 aliphatic carbocycles. The van der Waals surface area contributed by atoms with Crippen LogP contribution in [0.3, 0.4) is 0 Å². The van der Waals surface area contributed by atoms with Crippen molar-refractivity contribution in [3.63, 3.8) is 0 Å². The molecule has 2 N–H and O–H groups in total. The third kappa shape index (κ3) is 1.97. The largest absolute Gasteiger partial charge is 0.363 e. The molecule has 0 spiro atoms. The predicted octanol–water partition coefficient (Wildman–Crippen LogP) is 1.61. The van der Waals surface area contributed by atoms with Gasteiger partial charge in [0.25, 0.3) is 0 Å². The Labute approximate surface area is 143 Å². The van der Waals surface area contributed by atoms with Crippen LogP contribution in [0.15, 0.2) is 47.7 Å². The number of rotatable bonds is 0. The molecule has 1 aromatic carbocycles. The van der Waals surface area contributed by atoms with Gasteiger partial charge in [-0.15, -0.1) is 0 Å². The Hall–Kier alpha value is -2.73. The summed E-state index contributed by atoms with van der Waals surface area (Å²) in [6.45, 7) is 0. The minimum Gasteiger partial charge on any atom is -0.363 e. The second kappa shape index (κ2) is 5.13. The minimum absolute atomic E-state index is 0.365. The number of nitrogens with one attached hydrogen (secondary N) is 2. The molecule has 126 valence electrons. The fourth-order valence-electron chi connectivity index (χ4n) is 4.23. The first-order valence-electron chi connectivity index (χ1n) is 8.44. The number of anilines is 1. The van der Waals surface area contributed by atoms with Crippen LogP contribution in [-0.2, 0) is 19.1 Å². The molecule has 4 atom stereocenters. The van der Waals surface area contributed by atoms with E-state index in [4.69, 9.17) is 4.74 Å². The SMILES string of the molecule is O=C1NC2=C(C=CCC2)C2OC3c4ccccc4NC(=O)C3C(=O)C12. The zero-order valence-corrected chi connectivity index (χ0v) is 13.3. The number of amides is 2. The van der Waals surface area contributed by atoms with Crippen LogP contribution in [0.25, 0.3) is 0 Å². The average Bonchev–Trinajstić information content (AvgIpc) is 2.61. The van der Waals surface area contributed by atoms with Crippen LogP contribution >= 0.6 is 0 Å². The van der Waals surface area contributed by atoms with Gasteiger partial charge in [-0.25, -0.2) is 0 Å². The summed E-state index contributed by atoms with van der Waals surface area (Å²) in [5, 5.41) is 5.59. The Morgan fingerprint density at radius 2 is 1.72 bits per heavy atom. The zero-order chi connectivity index (χ0) is 17.1. The van der Waals surface area contributed by atoms with Crippen molar-refractivity contribution in [1.29, 1.82) is 0 Å². The van der Waals surface area contributed by atoms with Gasteiger partial charge in [-0.05, 0) is 18.9 Å². The lowest BCUT2D eigenvalue weighted by Crippen LogP contribution is -2.58. The number of fused-ring (bicyclic) bond motifs is 5. The second-order valence-electron chi connectivity index (χ2n) is 6.78. The zero-order valence-electron chi connectivity index (χ0n) is 13.3. The van der Waals surface area contributed by atoms with Gasteiger partial charge in [-0.2, -0.15) is 0 Å². The number of allylic oxidation sites excluding steroid dienone is 2. The lowest BCUT2D eigenvalue weighted by Gasteiger charge is -2.45. The summed E-state index contributed by atoms with van der Waals surface area (Å²) >= 11 is 0. The maximum Gasteiger partial charge on any atom is 0.238 e. The maximum absolute atomic E-state index is 13.1. The van der Waals surface area contributed by atoms with Gasteiger partial charge in [0.1, 0.15) is 24.0 Å². The normalized spacial score (nSPS) is 32.9. The van der Waals surface area contributed by atoms with Crippen molar-refractivity contribution in [3.8, 4) is 0 Å². The lowest BCUT2D eigenvalue weighted by atomic mass is 9.73. The molecular formula is C19H16N2O4. The van der Waals surface area contributed by atoms with Crippen molar-refractivity contribution in [2.75, 3.05) is 5.32 Å². The Balaban J connectivity index is 1.64. The Morgan fingerprint density at radius 3 is 2.60 bits per heavy atom. The molecule has 1 aromatic rings. The van der Waals surface area contributed by atoms with Gasteiger partial charge in [0.05, 0.1) is 0 Å². The molecule has 3 aliphatic heterocycles. The highest BCUT2D eigenvalue weighted by molar-refractivity contribution is 6.17. The summed E-state index contributed by atoms with van der Waals surface area (Å²) in [5.74, 6) is -3.10. The van der Waals surface area contributed by atoms with E-state index in [-0.39, 0.29) is 11.7 Å². The van der Waals surface area contributed by atoms with E-state index >= 15 is 0 Å². The minimum atomic E-state index is -0.989. The van der Waals surface area contributed by atoms with Crippen LogP contribution < -0.4 is 10.6 Å². The van der Waals surface area contributed by atoms with E-state index < -0.39 is 30.0 Å². The predicted molar refractivity (Wildman–Crippen MR) is 88.2 cm³/mol. The Kier molecular flexibility index (Phi) is 3.00. The van der Waals surface area contributed by atoms with Gasteiger partial charge in [0, 0.05) is 22.5 Å². The van der Waals surface area contributed by atoms with E-state index in [0.29, 0.717) is 5.69 Å². The fraction of sp³-hybridized carbons (Fsp3) is 0.316. The number of para-hydroxylation sites is 1. The van der Waals surface area contributed by atoms with Crippen LogP contribution in [-0.4, -0.2) is 23.7 Å². The highest BCUT2D eigenvalue weighted by Crippen LogP contribution is 2.46. The van der Waals surface area contributed by atoms with Gasteiger partial charge in [0.2, 0.25) is 11.8 Å². The number of ketones is 1. The molecule has 6 nitrogen and oxygen atoms in total. The van der Waals surface area contributed by atoms with Gasteiger partial charge in [0.15, 0.2) is 5.78 Å². The van der Waals surface area contributed by atoms with Crippen LogP contribution in [0.2, 0.25) is 0 Å². The van der Waals surface area contributed by atoms with Crippen LogP contribution in [0.1, 0.15) is 24.5 Å². The molecule has 0 radical (unpaired) electrons. The number of carbonyl (C=O) groups excluding carboxylic acids is 3. The lowest BCUT2D eigenvalue weighted by molar-refractivity contribution is -0.165. The van der Waals surface area contributed by atoms with Gasteiger partial charge >= 0.3 is 0 Å². The number of carbonyl (C=O) groups is 3. The molecule has 5 rings (SSSR count). The van der Waals surface area contributed by atoms with Crippen LogP contribution in [0.4, 0.5) is 5.69 Å². The van der Waals surface area contributed by atoms with Gasteiger partial charge in [-0.3, -0.25) is 14.4 Å². The van der Waals surface area contributed by atoms with Crippen molar-refractivity contribution >= 4 is 23.3 Å². The number of benzene rings is 1. The van der Waals surface area contributed by atoms with E-state index in [9.17, 15) is 14.4 Å². The Bertz CT molecular complexity index is 885. The summed E-state index contributed by atoms with van der Waals surface area (Å²) in [5.41, 5.74) is 3.13. The number of Topliss-reactive ketones (excluding diaryl/α,β-unsaturated/α-hetero) is 1. The number of ether oxygens (including phenoxy) is 1. The van der Waals surface area contributed by atoms with Gasteiger partial charge < -0.3 is 15.4 Å². The molecule has 4 unspecified atom stereocenters. The first-order valence-corrected chi connectivity index (χ1v) is 8.44. The molecule has 0 saturated carbocycles. The first-order chi connectivity index (χ1) is 12.1. The molecule has 6 heteroatoms. The summed E-state index contributed by atoms with van der Waals surface area (Å²) in [6.07, 6.45) is 4.24.